The van der Waals surface area contributed by atoms with Crippen LogP contribution < -0.4 is 0 Å². The van der Waals surface area contributed by atoms with Gasteiger partial charge >= 0.3 is 0 Å². The molecule has 1 aliphatic heterocycles. The molecule has 0 radical (unpaired) electrons. The molecule has 27 heavy (non-hydrogen) atoms. The zero-order valence-electron chi connectivity index (χ0n) is 17.6. The molecule has 0 fully saturated rings. The molecule has 1 aromatic rings. The summed E-state index contributed by atoms with van der Waals surface area (Å²) in [5.74, 6) is 0.693. The van der Waals surface area contributed by atoms with Crippen LogP contribution in [0.2, 0.25) is 0 Å². The monoisotopic (exact) mass is 367 g/mol. The van der Waals surface area contributed by atoms with Gasteiger partial charge in [0.2, 0.25) is 6.17 Å². The lowest BCUT2D eigenvalue weighted by molar-refractivity contribution is 0.516. The van der Waals surface area contributed by atoms with E-state index in [-0.39, 0.29) is 0 Å². The van der Waals surface area contributed by atoms with Gasteiger partial charge in [-0.3, -0.25) is 0 Å². The maximum absolute atomic E-state index is 4.28. The number of benzene rings is 1. The third kappa shape index (κ3) is 8.32. The van der Waals surface area contributed by atoms with E-state index in [1.807, 2.05) is 0 Å². The molecule has 0 saturated heterocycles. The van der Waals surface area contributed by atoms with E-state index in [2.05, 4.69) is 48.1 Å². The minimum atomic E-state index is 0.693. The Bertz CT molecular complexity index is 532. The predicted molar refractivity (Wildman–Crippen MR) is 120 cm³/mol. The van der Waals surface area contributed by atoms with Gasteiger partial charge in [0.25, 0.3) is 0 Å². The van der Waals surface area contributed by atoms with Crippen LogP contribution >= 0.6 is 0 Å². The van der Waals surface area contributed by atoms with E-state index in [0.29, 0.717) is 5.92 Å². The summed E-state index contributed by atoms with van der Waals surface area (Å²) >= 11 is 0. The lowest BCUT2D eigenvalue weighted by atomic mass is 9.90. The highest BCUT2D eigenvalue weighted by Crippen LogP contribution is 2.28. The standard InChI is InChI=1S/C25H39N2/c1-3-5-6-7-8-9-10-11-12-13-14-15-22(4-2)23-16-18-24(19-17-23)25-26-20-21-27-25/h16-22H,3-15H2,1-2H3/q+1. The molecule has 0 aliphatic carbocycles. The summed E-state index contributed by atoms with van der Waals surface area (Å²) in [4.78, 5) is 8.56. The molecule has 1 aromatic carbocycles. The fraction of sp³-hybridized carbons (Fsp3) is 0.640. The second-order valence-electron chi connectivity index (χ2n) is 7.93. The molecule has 2 nitrogen and oxygen atoms in total. The topological polar surface area (TPSA) is 24.7 Å². The number of aliphatic imine (C=N–C) groups is 2. The molecule has 0 aromatic heterocycles. The van der Waals surface area contributed by atoms with Gasteiger partial charge < -0.3 is 0 Å². The quantitative estimate of drug-likeness (QED) is 0.222. The van der Waals surface area contributed by atoms with Crippen LogP contribution in [-0.2, 0) is 0 Å². The Morgan fingerprint density at radius 3 is 1.74 bits per heavy atom. The number of hydrogen-bond donors (Lipinski definition) is 0. The van der Waals surface area contributed by atoms with Gasteiger partial charge in [-0.15, -0.1) is 9.98 Å². The first-order valence-corrected chi connectivity index (χ1v) is 11.4. The average molecular weight is 368 g/mol. The lowest BCUT2D eigenvalue weighted by Gasteiger charge is -2.15. The van der Waals surface area contributed by atoms with E-state index in [0.717, 1.165) is 11.7 Å². The van der Waals surface area contributed by atoms with Crippen LogP contribution in [0.1, 0.15) is 114 Å². The summed E-state index contributed by atoms with van der Waals surface area (Å²) in [6.45, 7) is 4.61. The molecule has 0 amide bonds. The molecular weight excluding hydrogens is 328 g/mol. The zero-order valence-corrected chi connectivity index (χ0v) is 17.6. The summed E-state index contributed by atoms with van der Waals surface area (Å²) in [7, 11) is 0. The highest BCUT2D eigenvalue weighted by molar-refractivity contribution is 6.18. The van der Waals surface area contributed by atoms with Crippen molar-refractivity contribution >= 4 is 12.4 Å². The molecule has 1 atom stereocenters. The Labute approximate surface area is 167 Å². The van der Waals surface area contributed by atoms with Crippen molar-refractivity contribution in [3.63, 3.8) is 0 Å². The molecular formula is C25H39N2+. The predicted octanol–water partition coefficient (Wildman–Crippen LogP) is 7.87. The minimum absolute atomic E-state index is 0.693. The van der Waals surface area contributed by atoms with Crippen molar-refractivity contribution in [2.75, 3.05) is 0 Å². The van der Waals surface area contributed by atoms with Crippen LogP contribution in [-0.4, -0.2) is 12.4 Å². The third-order valence-corrected chi connectivity index (χ3v) is 5.75. The Kier molecular flexibility index (Phi) is 10.9. The summed E-state index contributed by atoms with van der Waals surface area (Å²) in [5, 5.41) is 0. The molecule has 1 heterocycles. The summed E-state index contributed by atoms with van der Waals surface area (Å²) in [6, 6.07) is 8.90. The van der Waals surface area contributed by atoms with Crippen molar-refractivity contribution in [3.05, 3.63) is 41.6 Å². The Balaban J connectivity index is 1.56. The van der Waals surface area contributed by atoms with Crippen LogP contribution in [0, 0.1) is 6.17 Å². The summed E-state index contributed by atoms with van der Waals surface area (Å²) < 4.78 is 0. The van der Waals surface area contributed by atoms with Crippen molar-refractivity contribution in [1.82, 2.24) is 0 Å². The van der Waals surface area contributed by atoms with Gasteiger partial charge in [-0.25, -0.2) is 0 Å². The van der Waals surface area contributed by atoms with E-state index in [4.69, 9.17) is 0 Å². The Morgan fingerprint density at radius 1 is 0.704 bits per heavy atom. The summed E-state index contributed by atoms with van der Waals surface area (Å²) in [5.41, 5.74) is 2.59. The van der Waals surface area contributed by atoms with Crippen LogP contribution in [0.25, 0.3) is 0 Å². The molecule has 2 heteroatoms. The van der Waals surface area contributed by atoms with Crippen molar-refractivity contribution in [2.45, 2.75) is 103 Å². The van der Waals surface area contributed by atoms with Crippen LogP contribution in [0.15, 0.2) is 34.3 Å². The van der Waals surface area contributed by atoms with Gasteiger partial charge in [0.1, 0.15) is 18.0 Å². The van der Waals surface area contributed by atoms with Gasteiger partial charge in [0.05, 0.1) is 0 Å². The Hall–Kier alpha value is -1.57. The maximum atomic E-state index is 4.28. The number of hydrogen-bond acceptors (Lipinski definition) is 2. The van der Waals surface area contributed by atoms with Gasteiger partial charge in [-0.2, -0.15) is 0 Å². The molecule has 1 aliphatic rings. The van der Waals surface area contributed by atoms with E-state index in [9.17, 15) is 0 Å². The van der Waals surface area contributed by atoms with E-state index < -0.39 is 0 Å². The van der Waals surface area contributed by atoms with E-state index in [1.54, 1.807) is 12.4 Å². The van der Waals surface area contributed by atoms with Crippen molar-refractivity contribution in [2.24, 2.45) is 9.98 Å². The van der Waals surface area contributed by atoms with Gasteiger partial charge in [-0.05, 0) is 36.5 Å². The van der Waals surface area contributed by atoms with Gasteiger partial charge in [-0.1, -0.05) is 84.5 Å². The SMILES string of the molecule is CCCCCCCCCCCCCC(CC)c1ccc([C+]2N=CC=N2)cc1. The zero-order chi connectivity index (χ0) is 19.2. The second-order valence-corrected chi connectivity index (χ2v) is 7.93. The highest BCUT2D eigenvalue weighted by atomic mass is 15.0. The fourth-order valence-corrected chi connectivity index (χ4v) is 3.96. The normalized spacial score (nSPS) is 14.2. The smallest absolute Gasteiger partial charge is 0.147 e. The van der Waals surface area contributed by atoms with Crippen LogP contribution in [0.5, 0.6) is 0 Å². The minimum Gasteiger partial charge on any atom is -0.147 e. The first-order valence-electron chi connectivity index (χ1n) is 11.4. The molecule has 0 bridgehead atoms. The van der Waals surface area contributed by atoms with Gasteiger partial charge in [0.15, 0.2) is 0 Å². The molecule has 0 saturated carbocycles. The molecule has 1 unspecified atom stereocenters. The van der Waals surface area contributed by atoms with Crippen molar-refractivity contribution in [1.29, 1.82) is 0 Å². The number of unbranched alkanes of at least 4 members (excludes halogenated alkanes) is 10. The number of rotatable bonds is 15. The maximum Gasteiger partial charge on any atom is 0.243 e. The Morgan fingerprint density at radius 2 is 1.22 bits per heavy atom. The van der Waals surface area contributed by atoms with Crippen molar-refractivity contribution < 1.29 is 0 Å². The largest absolute Gasteiger partial charge is 0.243 e. The lowest BCUT2D eigenvalue weighted by Crippen LogP contribution is -1.99. The fourth-order valence-electron chi connectivity index (χ4n) is 3.96. The van der Waals surface area contributed by atoms with Gasteiger partial charge in [0, 0.05) is 12.1 Å². The second kappa shape index (κ2) is 13.6. The third-order valence-electron chi connectivity index (χ3n) is 5.75. The van der Waals surface area contributed by atoms with Crippen LogP contribution in [0.3, 0.4) is 0 Å². The molecule has 0 spiro atoms. The molecule has 0 N–H and O–H groups in total. The van der Waals surface area contributed by atoms with Crippen molar-refractivity contribution in [3.8, 4) is 0 Å². The average Bonchev–Trinajstić information content (AvgIpc) is 3.24. The molecule has 2 rings (SSSR count). The first kappa shape index (κ1) is 21.7. The number of nitrogens with zero attached hydrogens (tertiary/aromatic N) is 2. The highest BCUT2D eigenvalue weighted by Gasteiger charge is 2.18. The summed E-state index contributed by atoms with van der Waals surface area (Å²) in [6.07, 6.45) is 22.5. The first-order chi connectivity index (χ1) is 13.3. The molecule has 148 valence electrons. The van der Waals surface area contributed by atoms with Crippen LogP contribution in [0.4, 0.5) is 0 Å². The van der Waals surface area contributed by atoms with E-state index >= 15 is 0 Å². The van der Waals surface area contributed by atoms with E-state index in [1.165, 1.54) is 89.0 Å².